The Balaban J connectivity index is 1.99. The van der Waals surface area contributed by atoms with E-state index in [9.17, 15) is 4.79 Å². The number of nitrogens with zero attached hydrogens (tertiary/aromatic N) is 2. The number of carbonyl (C=O) groups is 1. The van der Waals surface area contributed by atoms with Crippen LogP contribution < -0.4 is 5.01 Å². The first kappa shape index (κ1) is 15.0. The summed E-state index contributed by atoms with van der Waals surface area (Å²) in [6.45, 7) is 1.56. The number of hydrazone groups is 1. The van der Waals surface area contributed by atoms with Crippen LogP contribution in [0.5, 0.6) is 0 Å². The molecule has 0 saturated carbocycles. The standard InChI is InChI=1S/C17H13ClN2OSe/c1-12(21)17-19-20(15-5-3-2-4-6-15)16(22-17)11-13-7-9-14(18)10-8-13/h2-11H,1H3. The molecule has 0 atom stereocenters. The fourth-order valence-corrected chi connectivity index (χ4v) is 3.99. The monoisotopic (exact) mass is 376 g/mol. The van der Waals surface area contributed by atoms with Crippen LogP contribution in [0.2, 0.25) is 5.02 Å². The molecule has 22 heavy (non-hydrogen) atoms. The van der Waals surface area contributed by atoms with Gasteiger partial charge in [-0.25, -0.2) is 0 Å². The molecule has 0 amide bonds. The Bertz CT molecular complexity index is 754. The molecule has 1 aliphatic heterocycles. The summed E-state index contributed by atoms with van der Waals surface area (Å²) in [7, 11) is 0. The first-order valence-corrected chi connectivity index (χ1v) is 8.82. The number of carbonyl (C=O) groups excluding carboxylic acids is 1. The van der Waals surface area contributed by atoms with E-state index in [4.69, 9.17) is 11.6 Å². The van der Waals surface area contributed by atoms with Gasteiger partial charge in [0.15, 0.2) is 0 Å². The molecule has 1 heterocycles. The number of para-hydroxylation sites is 1. The summed E-state index contributed by atoms with van der Waals surface area (Å²) in [5.41, 5.74) is 2.00. The summed E-state index contributed by atoms with van der Waals surface area (Å²) in [6.07, 6.45) is 2.06. The van der Waals surface area contributed by atoms with E-state index in [1.807, 2.05) is 59.6 Å². The van der Waals surface area contributed by atoms with Crippen LogP contribution in [0.25, 0.3) is 6.08 Å². The molecule has 3 rings (SSSR count). The van der Waals surface area contributed by atoms with Crippen molar-refractivity contribution in [3.63, 3.8) is 0 Å². The summed E-state index contributed by atoms with van der Waals surface area (Å²) in [5, 5.41) is 7.05. The van der Waals surface area contributed by atoms with Crippen molar-refractivity contribution in [2.45, 2.75) is 6.92 Å². The molecule has 0 aliphatic carbocycles. The van der Waals surface area contributed by atoms with E-state index in [0.29, 0.717) is 9.63 Å². The normalized spacial score (nSPS) is 16.0. The molecule has 0 saturated heterocycles. The number of benzene rings is 2. The number of anilines is 1. The van der Waals surface area contributed by atoms with Crippen molar-refractivity contribution < 1.29 is 4.79 Å². The van der Waals surface area contributed by atoms with E-state index in [2.05, 4.69) is 11.2 Å². The summed E-state index contributed by atoms with van der Waals surface area (Å²) in [6, 6.07) is 17.5. The summed E-state index contributed by atoms with van der Waals surface area (Å²) in [5.74, 6) is 0.0282. The van der Waals surface area contributed by atoms with Gasteiger partial charge in [-0.2, -0.15) is 0 Å². The van der Waals surface area contributed by atoms with E-state index in [-0.39, 0.29) is 20.7 Å². The molecule has 1 aliphatic rings. The van der Waals surface area contributed by atoms with Crippen LogP contribution in [0, 0.1) is 0 Å². The number of rotatable bonds is 3. The van der Waals surface area contributed by atoms with Crippen LogP contribution >= 0.6 is 11.6 Å². The predicted octanol–water partition coefficient (Wildman–Crippen LogP) is 3.77. The molecule has 0 unspecified atom stereocenters. The Hall–Kier alpha value is -1.87. The zero-order valence-electron chi connectivity index (χ0n) is 11.9. The van der Waals surface area contributed by atoms with Crippen molar-refractivity contribution in [1.29, 1.82) is 0 Å². The Labute approximate surface area is 140 Å². The van der Waals surface area contributed by atoms with Crippen LogP contribution in [-0.4, -0.2) is 25.4 Å². The molecule has 3 nitrogen and oxygen atoms in total. The minimum atomic E-state index is -0.0959. The molecule has 0 radical (unpaired) electrons. The Kier molecular flexibility index (Phi) is 4.44. The van der Waals surface area contributed by atoms with Gasteiger partial charge < -0.3 is 0 Å². The number of hydrogen-bond donors (Lipinski definition) is 0. The van der Waals surface area contributed by atoms with Crippen LogP contribution in [0.1, 0.15) is 12.5 Å². The van der Waals surface area contributed by atoms with Gasteiger partial charge in [0.1, 0.15) is 0 Å². The van der Waals surface area contributed by atoms with Gasteiger partial charge >= 0.3 is 140 Å². The van der Waals surface area contributed by atoms with E-state index >= 15 is 0 Å². The zero-order valence-corrected chi connectivity index (χ0v) is 14.3. The third-order valence-corrected chi connectivity index (χ3v) is 5.54. The number of ketones is 1. The first-order chi connectivity index (χ1) is 10.6. The van der Waals surface area contributed by atoms with Crippen LogP contribution in [0.3, 0.4) is 0 Å². The number of hydrogen-bond acceptors (Lipinski definition) is 3. The topological polar surface area (TPSA) is 32.7 Å². The summed E-state index contributed by atoms with van der Waals surface area (Å²) >= 11 is 5.83. The van der Waals surface area contributed by atoms with E-state index < -0.39 is 0 Å². The zero-order chi connectivity index (χ0) is 15.5. The van der Waals surface area contributed by atoms with Crippen molar-refractivity contribution in [1.82, 2.24) is 0 Å². The first-order valence-electron chi connectivity index (χ1n) is 6.73. The molecular formula is C17H13ClN2OSe. The van der Waals surface area contributed by atoms with Gasteiger partial charge in [0.2, 0.25) is 0 Å². The van der Waals surface area contributed by atoms with Gasteiger partial charge in [-0.15, -0.1) is 0 Å². The molecule has 0 aromatic heterocycles. The summed E-state index contributed by atoms with van der Waals surface area (Å²) in [4.78, 5) is 11.7. The molecule has 2 aromatic rings. The number of halogens is 1. The van der Waals surface area contributed by atoms with Crippen molar-refractivity contribution in [2.24, 2.45) is 5.10 Å². The average molecular weight is 376 g/mol. The fourth-order valence-electron chi connectivity index (χ4n) is 1.99. The predicted molar refractivity (Wildman–Crippen MR) is 92.2 cm³/mol. The third kappa shape index (κ3) is 3.30. The molecule has 0 fully saturated rings. The Morgan fingerprint density at radius 1 is 1.14 bits per heavy atom. The van der Waals surface area contributed by atoms with Crippen LogP contribution in [0.15, 0.2) is 64.3 Å². The second-order valence-corrected chi connectivity index (χ2v) is 7.30. The number of Topliss-reactive ketones (excluding diaryl/α,β-unsaturated/α-hetero) is 1. The molecular weight excluding hydrogens is 363 g/mol. The molecule has 0 bridgehead atoms. The van der Waals surface area contributed by atoms with Crippen molar-refractivity contribution in [3.05, 3.63) is 69.8 Å². The molecule has 0 spiro atoms. The Morgan fingerprint density at radius 2 is 1.82 bits per heavy atom. The van der Waals surface area contributed by atoms with Gasteiger partial charge in [-0.3, -0.25) is 0 Å². The van der Waals surface area contributed by atoms with Gasteiger partial charge in [0, 0.05) is 0 Å². The van der Waals surface area contributed by atoms with E-state index in [1.54, 1.807) is 6.92 Å². The van der Waals surface area contributed by atoms with Crippen LogP contribution in [-0.2, 0) is 4.79 Å². The second kappa shape index (κ2) is 6.49. The van der Waals surface area contributed by atoms with Gasteiger partial charge in [0.25, 0.3) is 0 Å². The SMILES string of the molecule is CC(=O)C1=NN(c2ccccc2)C(=Cc2ccc(Cl)cc2)[Se]1. The fraction of sp³-hybridized carbons (Fsp3) is 0.0588. The molecule has 2 aromatic carbocycles. The van der Waals surface area contributed by atoms with Crippen LogP contribution in [0.4, 0.5) is 5.69 Å². The van der Waals surface area contributed by atoms with Crippen molar-refractivity contribution >= 4 is 48.7 Å². The molecule has 110 valence electrons. The third-order valence-electron chi connectivity index (χ3n) is 3.06. The quantitative estimate of drug-likeness (QED) is 0.765. The van der Waals surface area contributed by atoms with Gasteiger partial charge in [-0.1, -0.05) is 0 Å². The van der Waals surface area contributed by atoms with Crippen molar-refractivity contribution in [2.75, 3.05) is 5.01 Å². The maximum atomic E-state index is 11.7. The van der Waals surface area contributed by atoms with Gasteiger partial charge in [-0.05, 0) is 0 Å². The van der Waals surface area contributed by atoms with Crippen molar-refractivity contribution in [3.8, 4) is 0 Å². The van der Waals surface area contributed by atoms with Gasteiger partial charge in [0.05, 0.1) is 0 Å². The average Bonchev–Trinajstić information content (AvgIpc) is 2.95. The summed E-state index contributed by atoms with van der Waals surface area (Å²) < 4.78 is 1.67. The minimum absolute atomic E-state index is 0.0282. The Morgan fingerprint density at radius 3 is 2.45 bits per heavy atom. The molecule has 5 heteroatoms. The maximum absolute atomic E-state index is 11.7. The second-order valence-electron chi connectivity index (χ2n) is 4.74. The molecule has 0 N–H and O–H groups in total. The van der Waals surface area contributed by atoms with E-state index in [0.717, 1.165) is 15.8 Å². The van der Waals surface area contributed by atoms with E-state index in [1.165, 1.54) is 0 Å².